The van der Waals surface area contributed by atoms with Gasteiger partial charge in [-0.3, -0.25) is 10.1 Å². The largest absolute Gasteiger partial charge is 0.494 e. The van der Waals surface area contributed by atoms with Crippen molar-refractivity contribution in [3.63, 3.8) is 0 Å². The van der Waals surface area contributed by atoms with Crippen LogP contribution in [-0.4, -0.2) is 17.5 Å². The van der Waals surface area contributed by atoms with E-state index in [4.69, 9.17) is 4.74 Å². The molecule has 2 fully saturated rings. The first kappa shape index (κ1) is 14.7. The zero-order chi connectivity index (χ0) is 15.8. The van der Waals surface area contributed by atoms with Crippen molar-refractivity contribution >= 4 is 32.6 Å². The molecule has 1 amide bonds. The molecule has 1 aromatic heterocycles. The summed E-state index contributed by atoms with van der Waals surface area (Å²) < 4.78 is 6.53. The maximum Gasteiger partial charge on any atom is 0.250 e. The summed E-state index contributed by atoms with van der Waals surface area (Å²) in [4.78, 5) is 16.8. The number of anilines is 1. The normalized spacial score (nSPS) is 17.1. The van der Waals surface area contributed by atoms with Gasteiger partial charge in [-0.25, -0.2) is 4.98 Å². The first-order valence-corrected chi connectivity index (χ1v) is 9.10. The van der Waals surface area contributed by atoms with Crippen molar-refractivity contribution < 1.29 is 9.53 Å². The van der Waals surface area contributed by atoms with Crippen LogP contribution in [0.5, 0.6) is 5.75 Å². The lowest BCUT2D eigenvalue weighted by Gasteiger charge is -2.03. The van der Waals surface area contributed by atoms with Crippen molar-refractivity contribution in [2.45, 2.75) is 32.6 Å². The monoisotopic (exact) mass is 328 g/mol. The van der Waals surface area contributed by atoms with Crippen molar-refractivity contribution in [2.75, 3.05) is 11.9 Å². The second-order valence-corrected chi connectivity index (χ2v) is 7.29. The topological polar surface area (TPSA) is 51.2 Å². The van der Waals surface area contributed by atoms with Crippen LogP contribution in [0.25, 0.3) is 10.2 Å². The number of benzene rings is 1. The molecule has 0 aliphatic heterocycles. The summed E-state index contributed by atoms with van der Waals surface area (Å²) >= 11 is 1.49. The molecule has 120 valence electrons. The van der Waals surface area contributed by atoms with Crippen LogP contribution in [-0.2, 0) is 4.79 Å². The van der Waals surface area contributed by atoms with Gasteiger partial charge < -0.3 is 4.74 Å². The number of allylic oxidation sites excluding steroid dienone is 1. The minimum absolute atomic E-state index is 0.0390. The third-order valence-corrected chi connectivity index (χ3v) is 5.23. The molecule has 4 nitrogen and oxygen atoms in total. The lowest BCUT2D eigenvalue weighted by Crippen LogP contribution is -2.09. The molecule has 2 aliphatic carbocycles. The minimum Gasteiger partial charge on any atom is -0.494 e. The molecule has 4 rings (SSSR count). The molecule has 0 radical (unpaired) electrons. The number of thiazole rings is 1. The highest BCUT2D eigenvalue weighted by molar-refractivity contribution is 7.22. The zero-order valence-corrected chi connectivity index (χ0v) is 14.0. The van der Waals surface area contributed by atoms with Gasteiger partial charge in [-0.2, -0.15) is 0 Å². The van der Waals surface area contributed by atoms with Gasteiger partial charge in [0.15, 0.2) is 5.13 Å². The molecule has 0 spiro atoms. The van der Waals surface area contributed by atoms with E-state index < -0.39 is 0 Å². The highest BCUT2D eigenvalue weighted by Crippen LogP contribution is 2.48. The molecular weight excluding hydrogens is 308 g/mol. The van der Waals surface area contributed by atoms with Crippen LogP contribution in [0.1, 0.15) is 32.6 Å². The Morgan fingerprint density at radius 3 is 2.74 bits per heavy atom. The average molecular weight is 328 g/mol. The predicted octanol–water partition coefficient (Wildman–Crippen LogP) is 4.38. The lowest BCUT2D eigenvalue weighted by atomic mass is 10.1. The maximum absolute atomic E-state index is 12.3. The molecule has 2 aliphatic rings. The summed E-state index contributed by atoms with van der Waals surface area (Å²) in [5, 5.41) is 3.58. The number of hydrogen-bond acceptors (Lipinski definition) is 4. The number of carbonyl (C=O) groups excluding carboxylic acids is 1. The van der Waals surface area contributed by atoms with Gasteiger partial charge in [-0.05, 0) is 62.6 Å². The summed E-state index contributed by atoms with van der Waals surface area (Å²) in [7, 11) is 0. The van der Waals surface area contributed by atoms with Crippen LogP contribution in [0.3, 0.4) is 0 Å². The van der Waals surface area contributed by atoms with Crippen molar-refractivity contribution in [1.82, 2.24) is 4.98 Å². The third-order valence-electron chi connectivity index (χ3n) is 4.30. The third kappa shape index (κ3) is 3.39. The van der Waals surface area contributed by atoms with Gasteiger partial charge >= 0.3 is 0 Å². The van der Waals surface area contributed by atoms with Gasteiger partial charge in [0.25, 0.3) is 0 Å². The Kier molecular flexibility index (Phi) is 3.81. The van der Waals surface area contributed by atoms with E-state index in [9.17, 15) is 4.79 Å². The smallest absolute Gasteiger partial charge is 0.250 e. The van der Waals surface area contributed by atoms with Gasteiger partial charge in [0.05, 0.1) is 16.8 Å². The number of nitrogens with zero attached hydrogens (tertiary/aromatic N) is 1. The Balaban J connectivity index is 1.50. The van der Waals surface area contributed by atoms with Crippen LogP contribution < -0.4 is 10.1 Å². The second-order valence-electron chi connectivity index (χ2n) is 6.26. The highest BCUT2D eigenvalue weighted by Gasteiger charge is 2.36. The van der Waals surface area contributed by atoms with E-state index in [1.54, 1.807) is 0 Å². The molecular formula is C18H20N2O2S. The summed E-state index contributed by atoms with van der Waals surface area (Å²) in [6, 6.07) is 5.82. The molecule has 0 unspecified atom stereocenters. The van der Waals surface area contributed by atoms with E-state index in [1.165, 1.54) is 42.6 Å². The number of ether oxygens (including phenoxy) is 1. The Labute approximate surface area is 139 Å². The van der Waals surface area contributed by atoms with Crippen LogP contribution in [0.15, 0.2) is 29.8 Å². The maximum atomic E-state index is 12.3. The van der Waals surface area contributed by atoms with Gasteiger partial charge in [0.2, 0.25) is 5.91 Å². The summed E-state index contributed by atoms with van der Waals surface area (Å²) in [6.07, 6.45) is 6.81. The fourth-order valence-corrected chi connectivity index (χ4v) is 3.81. The molecule has 1 N–H and O–H groups in total. The highest BCUT2D eigenvalue weighted by atomic mass is 32.1. The molecule has 2 saturated carbocycles. The molecule has 0 bridgehead atoms. The number of aromatic nitrogens is 1. The fourth-order valence-electron chi connectivity index (χ4n) is 2.91. The number of fused-ring (bicyclic) bond motifs is 1. The predicted molar refractivity (Wildman–Crippen MR) is 92.9 cm³/mol. The zero-order valence-electron chi connectivity index (χ0n) is 13.2. The number of hydrogen-bond donors (Lipinski definition) is 1. The molecule has 0 atom stereocenters. The molecule has 2 aromatic rings. The van der Waals surface area contributed by atoms with Crippen LogP contribution >= 0.6 is 11.3 Å². The van der Waals surface area contributed by atoms with Crippen molar-refractivity contribution in [2.24, 2.45) is 11.8 Å². The summed E-state index contributed by atoms with van der Waals surface area (Å²) in [5.41, 5.74) is 2.25. The van der Waals surface area contributed by atoms with E-state index in [0.717, 1.165) is 16.0 Å². The average Bonchev–Trinajstić information content (AvgIpc) is 3.42. The van der Waals surface area contributed by atoms with E-state index in [-0.39, 0.29) is 5.91 Å². The van der Waals surface area contributed by atoms with Crippen LogP contribution in [0, 0.1) is 11.8 Å². The lowest BCUT2D eigenvalue weighted by molar-refractivity contribution is -0.112. The molecule has 5 heteroatoms. The van der Waals surface area contributed by atoms with E-state index in [2.05, 4.69) is 10.3 Å². The van der Waals surface area contributed by atoms with Crippen LogP contribution in [0.2, 0.25) is 0 Å². The Morgan fingerprint density at radius 1 is 1.35 bits per heavy atom. The summed E-state index contributed by atoms with van der Waals surface area (Å²) in [5.74, 6) is 2.13. The van der Waals surface area contributed by atoms with Crippen molar-refractivity contribution in [3.05, 3.63) is 29.8 Å². The van der Waals surface area contributed by atoms with Gasteiger partial charge in [0.1, 0.15) is 5.75 Å². The van der Waals surface area contributed by atoms with Crippen molar-refractivity contribution in [3.8, 4) is 5.75 Å². The van der Waals surface area contributed by atoms with Gasteiger partial charge in [-0.15, -0.1) is 0 Å². The van der Waals surface area contributed by atoms with E-state index in [0.29, 0.717) is 23.6 Å². The quantitative estimate of drug-likeness (QED) is 0.801. The molecule has 23 heavy (non-hydrogen) atoms. The van der Waals surface area contributed by atoms with Crippen molar-refractivity contribution in [1.29, 1.82) is 0 Å². The number of amides is 1. The Bertz CT molecular complexity index is 758. The van der Waals surface area contributed by atoms with E-state index >= 15 is 0 Å². The minimum atomic E-state index is -0.0390. The number of nitrogens with one attached hydrogen (secondary N) is 1. The fraction of sp³-hybridized carbons (Fsp3) is 0.444. The standard InChI is InChI=1S/C18H20N2O2S/c1-2-22-13-7-8-15-16(9-13)23-18(19-15)20-17(21)10-14(11-3-4-11)12-5-6-12/h7-12H,2-6H2,1H3,(H,19,20,21). The first-order valence-electron chi connectivity index (χ1n) is 8.29. The first-order chi connectivity index (χ1) is 11.2. The second kappa shape index (κ2) is 5.96. The van der Waals surface area contributed by atoms with Crippen LogP contribution in [0.4, 0.5) is 5.13 Å². The summed E-state index contributed by atoms with van der Waals surface area (Å²) in [6.45, 7) is 2.61. The van der Waals surface area contributed by atoms with E-state index in [1.807, 2.05) is 31.2 Å². The van der Waals surface area contributed by atoms with Gasteiger partial charge in [-0.1, -0.05) is 16.9 Å². The van der Waals surface area contributed by atoms with Gasteiger partial charge in [0, 0.05) is 6.08 Å². The SMILES string of the molecule is CCOc1ccc2nc(NC(=O)C=C(C3CC3)C3CC3)sc2c1. The molecule has 0 saturated heterocycles. The molecule has 1 heterocycles. The number of carbonyl (C=O) groups is 1. The molecule has 1 aromatic carbocycles. The number of rotatable bonds is 6. The Hall–Kier alpha value is -1.88. The Morgan fingerprint density at radius 2 is 2.09 bits per heavy atom.